The summed E-state index contributed by atoms with van der Waals surface area (Å²) in [7, 11) is 0. The molecule has 4 heteroatoms. The minimum Gasteiger partial charge on any atom is -0.494 e. The summed E-state index contributed by atoms with van der Waals surface area (Å²) < 4.78 is 6.23. The SMILES string of the molecule is CSc1ccc([C@H]2CN3CCC[C@H]3c3cc(OCCCN4CCCCC4)ccc32)cc1. The van der Waals surface area contributed by atoms with E-state index in [4.69, 9.17) is 4.74 Å². The lowest BCUT2D eigenvalue weighted by molar-refractivity contribution is 0.204. The Morgan fingerprint density at radius 3 is 2.58 bits per heavy atom. The molecule has 2 saturated heterocycles. The van der Waals surface area contributed by atoms with Crippen LogP contribution < -0.4 is 4.74 Å². The molecule has 0 aromatic heterocycles. The van der Waals surface area contributed by atoms with Crippen LogP contribution in [0.5, 0.6) is 5.75 Å². The third-order valence-electron chi connectivity index (χ3n) is 7.43. The molecule has 0 N–H and O–H groups in total. The van der Waals surface area contributed by atoms with Gasteiger partial charge in [0.25, 0.3) is 0 Å². The predicted octanol–water partition coefficient (Wildman–Crippen LogP) is 5.95. The van der Waals surface area contributed by atoms with Gasteiger partial charge >= 0.3 is 0 Å². The van der Waals surface area contributed by atoms with Gasteiger partial charge in [0, 0.05) is 29.9 Å². The fraction of sp³-hybridized carbons (Fsp3) is 0.556. The van der Waals surface area contributed by atoms with Crippen molar-refractivity contribution in [3.05, 3.63) is 59.2 Å². The quantitative estimate of drug-likeness (QED) is 0.394. The van der Waals surface area contributed by atoms with Gasteiger partial charge in [-0.25, -0.2) is 0 Å². The zero-order valence-electron chi connectivity index (χ0n) is 18.9. The third-order valence-corrected chi connectivity index (χ3v) is 8.17. The first-order valence-electron chi connectivity index (χ1n) is 12.2. The number of fused-ring (bicyclic) bond motifs is 3. The zero-order chi connectivity index (χ0) is 21.0. The van der Waals surface area contributed by atoms with E-state index in [1.165, 1.54) is 79.9 Å². The zero-order valence-corrected chi connectivity index (χ0v) is 19.7. The second kappa shape index (κ2) is 9.97. The van der Waals surface area contributed by atoms with Crippen LogP contribution in [-0.4, -0.2) is 55.4 Å². The van der Waals surface area contributed by atoms with E-state index in [9.17, 15) is 0 Å². The second-order valence-electron chi connectivity index (χ2n) is 9.37. The number of likely N-dealkylation sites (tertiary alicyclic amines) is 1. The Labute approximate surface area is 192 Å². The summed E-state index contributed by atoms with van der Waals surface area (Å²) in [5.74, 6) is 1.52. The highest BCUT2D eigenvalue weighted by molar-refractivity contribution is 7.98. The van der Waals surface area contributed by atoms with Gasteiger partial charge in [-0.15, -0.1) is 11.8 Å². The van der Waals surface area contributed by atoms with Crippen molar-refractivity contribution in [3.63, 3.8) is 0 Å². The van der Waals surface area contributed by atoms with Crippen LogP contribution in [0.15, 0.2) is 47.4 Å². The van der Waals surface area contributed by atoms with Crippen molar-refractivity contribution in [1.82, 2.24) is 9.80 Å². The Morgan fingerprint density at radius 2 is 1.77 bits per heavy atom. The third kappa shape index (κ3) is 4.81. The van der Waals surface area contributed by atoms with Crippen molar-refractivity contribution in [1.29, 1.82) is 0 Å². The highest BCUT2D eigenvalue weighted by atomic mass is 32.2. The standard InChI is InChI=1S/C27H36N2OS/c1-31-23-11-8-21(9-12-23)26-20-29-17-5-7-27(29)25-19-22(10-13-24(25)26)30-18-6-16-28-14-3-2-4-15-28/h8-13,19,26-27H,2-7,14-18,20H2,1H3/t26-,27+/m1/s1. The molecule has 2 atom stereocenters. The van der Waals surface area contributed by atoms with Gasteiger partial charge in [-0.2, -0.15) is 0 Å². The van der Waals surface area contributed by atoms with E-state index in [0.29, 0.717) is 12.0 Å². The van der Waals surface area contributed by atoms with Crippen molar-refractivity contribution in [2.24, 2.45) is 0 Å². The van der Waals surface area contributed by atoms with Gasteiger partial charge in [0.2, 0.25) is 0 Å². The normalized spacial score (nSPS) is 24.0. The van der Waals surface area contributed by atoms with E-state index < -0.39 is 0 Å². The minimum atomic E-state index is 0.466. The maximum atomic E-state index is 6.23. The van der Waals surface area contributed by atoms with Gasteiger partial charge in [0.15, 0.2) is 0 Å². The second-order valence-corrected chi connectivity index (χ2v) is 10.3. The first-order chi connectivity index (χ1) is 15.3. The van der Waals surface area contributed by atoms with E-state index in [0.717, 1.165) is 25.3 Å². The van der Waals surface area contributed by atoms with Gasteiger partial charge in [0.1, 0.15) is 5.75 Å². The van der Waals surface area contributed by atoms with Gasteiger partial charge in [0.05, 0.1) is 6.61 Å². The Balaban J connectivity index is 1.29. The molecule has 166 valence electrons. The maximum absolute atomic E-state index is 6.23. The molecule has 3 heterocycles. The van der Waals surface area contributed by atoms with Crippen LogP contribution in [0.1, 0.15) is 67.2 Å². The molecule has 0 amide bonds. The molecule has 2 fully saturated rings. The first-order valence-corrected chi connectivity index (χ1v) is 13.4. The average Bonchev–Trinajstić information content (AvgIpc) is 3.31. The topological polar surface area (TPSA) is 15.7 Å². The molecule has 31 heavy (non-hydrogen) atoms. The van der Waals surface area contributed by atoms with Crippen LogP contribution in [0, 0.1) is 0 Å². The number of nitrogens with zero attached hydrogens (tertiary/aromatic N) is 2. The van der Waals surface area contributed by atoms with E-state index >= 15 is 0 Å². The lowest BCUT2D eigenvalue weighted by atomic mass is 9.81. The molecule has 0 unspecified atom stereocenters. The largest absolute Gasteiger partial charge is 0.494 e. The molecule has 0 radical (unpaired) electrons. The lowest BCUT2D eigenvalue weighted by Gasteiger charge is -2.37. The molecule has 0 bridgehead atoms. The van der Waals surface area contributed by atoms with Crippen LogP contribution in [0.25, 0.3) is 0 Å². The molecule has 5 rings (SSSR count). The van der Waals surface area contributed by atoms with E-state index in [2.05, 4.69) is 58.5 Å². The van der Waals surface area contributed by atoms with Gasteiger partial charge in [-0.3, -0.25) is 4.90 Å². The summed E-state index contributed by atoms with van der Waals surface area (Å²) in [6.07, 6.45) is 10.00. The number of ether oxygens (including phenoxy) is 1. The Morgan fingerprint density at radius 1 is 0.935 bits per heavy atom. The smallest absolute Gasteiger partial charge is 0.119 e. The fourth-order valence-corrected chi connectivity index (χ4v) is 6.17. The first kappa shape index (κ1) is 21.4. The number of hydrogen-bond acceptors (Lipinski definition) is 4. The Bertz CT molecular complexity index is 862. The maximum Gasteiger partial charge on any atom is 0.119 e. The summed E-state index contributed by atoms with van der Waals surface area (Å²) in [5.41, 5.74) is 4.47. The summed E-state index contributed by atoms with van der Waals surface area (Å²) in [6, 6.07) is 16.7. The van der Waals surface area contributed by atoms with Gasteiger partial charge in [-0.1, -0.05) is 24.6 Å². The summed E-state index contributed by atoms with van der Waals surface area (Å²) in [5, 5.41) is 0. The molecule has 2 aromatic carbocycles. The molecule has 3 nitrogen and oxygen atoms in total. The number of thioether (sulfide) groups is 1. The van der Waals surface area contributed by atoms with Crippen molar-refractivity contribution in [2.75, 3.05) is 45.6 Å². The fourth-order valence-electron chi connectivity index (χ4n) is 5.76. The van der Waals surface area contributed by atoms with Gasteiger partial charge < -0.3 is 9.64 Å². The van der Waals surface area contributed by atoms with E-state index in [1.54, 1.807) is 0 Å². The molecule has 0 saturated carbocycles. The van der Waals surface area contributed by atoms with Crippen LogP contribution in [0.2, 0.25) is 0 Å². The summed E-state index contributed by atoms with van der Waals surface area (Å²) in [6.45, 7) is 6.92. The van der Waals surface area contributed by atoms with Crippen LogP contribution in [0.3, 0.4) is 0 Å². The minimum absolute atomic E-state index is 0.466. The average molecular weight is 437 g/mol. The van der Waals surface area contributed by atoms with Gasteiger partial charge in [-0.05, 0) is 98.9 Å². The Hall–Kier alpha value is -1.49. The molecular formula is C27H36N2OS. The molecule has 0 spiro atoms. The van der Waals surface area contributed by atoms with Crippen molar-refractivity contribution in [3.8, 4) is 5.75 Å². The highest BCUT2D eigenvalue weighted by Gasteiger charge is 2.36. The van der Waals surface area contributed by atoms with E-state index in [-0.39, 0.29) is 0 Å². The molecule has 3 aliphatic rings. The monoisotopic (exact) mass is 436 g/mol. The molecule has 3 aliphatic heterocycles. The number of rotatable bonds is 7. The van der Waals surface area contributed by atoms with Crippen LogP contribution in [0.4, 0.5) is 0 Å². The van der Waals surface area contributed by atoms with Crippen LogP contribution in [-0.2, 0) is 0 Å². The van der Waals surface area contributed by atoms with Crippen LogP contribution >= 0.6 is 11.8 Å². The molecular weight excluding hydrogens is 400 g/mol. The highest BCUT2D eigenvalue weighted by Crippen LogP contribution is 2.45. The lowest BCUT2D eigenvalue weighted by Crippen LogP contribution is -2.34. The molecule has 0 aliphatic carbocycles. The summed E-state index contributed by atoms with van der Waals surface area (Å²) >= 11 is 1.82. The summed E-state index contributed by atoms with van der Waals surface area (Å²) in [4.78, 5) is 6.64. The molecule has 2 aromatic rings. The van der Waals surface area contributed by atoms with E-state index in [1.807, 2.05) is 11.8 Å². The van der Waals surface area contributed by atoms with Crippen molar-refractivity contribution >= 4 is 11.8 Å². The van der Waals surface area contributed by atoms with Crippen molar-refractivity contribution in [2.45, 2.75) is 55.4 Å². The number of piperidine rings is 1. The predicted molar refractivity (Wildman–Crippen MR) is 130 cm³/mol. The number of benzene rings is 2. The van der Waals surface area contributed by atoms with Crippen molar-refractivity contribution < 1.29 is 4.74 Å². The number of hydrogen-bond donors (Lipinski definition) is 0. The Kier molecular flexibility index (Phi) is 6.87.